The van der Waals surface area contributed by atoms with Crippen LogP contribution in [0, 0.1) is 0 Å². The molecule has 2 amide bonds. The molecule has 4 aromatic rings. The first kappa shape index (κ1) is 17.4. The summed E-state index contributed by atoms with van der Waals surface area (Å²) in [6.45, 7) is -0.0956. The Morgan fingerprint density at radius 1 is 0.963 bits per heavy atom. The highest BCUT2D eigenvalue weighted by molar-refractivity contribution is 7.14. The van der Waals surface area contributed by atoms with Gasteiger partial charge in [-0.2, -0.15) is 0 Å². The maximum Gasteiger partial charge on any atom is 0.261 e. The summed E-state index contributed by atoms with van der Waals surface area (Å²) in [5, 5.41) is 11.9. The number of carbonyl (C=O) groups excluding carboxylic acids is 2. The van der Waals surface area contributed by atoms with Gasteiger partial charge >= 0.3 is 0 Å². The lowest BCUT2D eigenvalue weighted by Crippen LogP contribution is -2.32. The Bertz CT molecular complexity index is 1100. The summed E-state index contributed by atoms with van der Waals surface area (Å²) in [5.74, 6) is -0.560. The lowest BCUT2D eigenvalue weighted by Gasteiger charge is -2.03. The highest BCUT2D eigenvalue weighted by Crippen LogP contribution is 2.27. The maximum absolute atomic E-state index is 12.1. The van der Waals surface area contributed by atoms with Gasteiger partial charge in [-0.3, -0.25) is 9.59 Å². The Morgan fingerprint density at radius 2 is 1.81 bits per heavy atom. The Balaban J connectivity index is 1.39. The van der Waals surface area contributed by atoms with Crippen LogP contribution in [0.1, 0.15) is 9.67 Å². The molecule has 0 atom stereocenters. The number of fused-ring (bicyclic) bond motifs is 1. The predicted molar refractivity (Wildman–Crippen MR) is 110 cm³/mol. The van der Waals surface area contributed by atoms with Gasteiger partial charge in [0.1, 0.15) is 0 Å². The van der Waals surface area contributed by atoms with Gasteiger partial charge in [0, 0.05) is 10.9 Å². The summed E-state index contributed by atoms with van der Waals surface area (Å²) >= 11 is 2.69. The van der Waals surface area contributed by atoms with Gasteiger partial charge in [0.05, 0.1) is 17.1 Å². The summed E-state index contributed by atoms with van der Waals surface area (Å²) in [5.41, 5.74) is 1.81. The quantitative estimate of drug-likeness (QED) is 0.528. The van der Waals surface area contributed by atoms with Crippen LogP contribution in [0.15, 0.2) is 65.4 Å². The van der Waals surface area contributed by atoms with Crippen LogP contribution in [0.2, 0.25) is 0 Å². The van der Waals surface area contributed by atoms with E-state index < -0.39 is 0 Å². The Hall–Kier alpha value is -3.03. The van der Waals surface area contributed by atoms with Gasteiger partial charge in [-0.05, 0) is 28.3 Å². The molecule has 0 aliphatic heterocycles. The van der Waals surface area contributed by atoms with Crippen molar-refractivity contribution < 1.29 is 9.59 Å². The summed E-state index contributed by atoms with van der Waals surface area (Å²) in [6, 6.07) is 17.8. The van der Waals surface area contributed by atoms with E-state index in [2.05, 4.69) is 39.9 Å². The van der Waals surface area contributed by atoms with Crippen molar-refractivity contribution in [1.82, 2.24) is 10.3 Å². The minimum absolute atomic E-state index is 0.0956. The largest absolute Gasteiger partial charge is 0.342 e. The number of thiazole rings is 1. The molecular formula is C20H15N3O2S2. The lowest BCUT2D eigenvalue weighted by atomic mass is 10.1. The number of benzene rings is 2. The van der Waals surface area contributed by atoms with E-state index in [0.29, 0.717) is 10.0 Å². The molecule has 2 N–H and O–H groups in total. The van der Waals surface area contributed by atoms with E-state index in [1.807, 2.05) is 29.0 Å². The highest BCUT2D eigenvalue weighted by Gasteiger charge is 2.11. The molecule has 2 aromatic heterocycles. The number of nitrogens with one attached hydrogen (secondary N) is 2. The fraction of sp³-hybridized carbons (Fsp3) is 0.0500. The van der Waals surface area contributed by atoms with Crippen molar-refractivity contribution in [3.63, 3.8) is 0 Å². The topological polar surface area (TPSA) is 71.1 Å². The molecule has 0 unspecified atom stereocenters. The lowest BCUT2D eigenvalue weighted by molar-refractivity contribution is -0.115. The van der Waals surface area contributed by atoms with Crippen LogP contribution in [0.3, 0.4) is 0 Å². The van der Waals surface area contributed by atoms with E-state index in [0.717, 1.165) is 16.6 Å². The molecule has 0 fully saturated rings. The number of carbonyl (C=O) groups is 2. The minimum atomic E-state index is -0.306. The number of amides is 2. The first-order valence-corrected chi connectivity index (χ1v) is 10.0. The average Bonchev–Trinajstić information content (AvgIpc) is 3.38. The van der Waals surface area contributed by atoms with Crippen molar-refractivity contribution in [3.05, 3.63) is 70.2 Å². The number of thiophene rings is 1. The van der Waals surface area contributed by atoms with Crippen molar-refractivity contribution in [3.8, 4) is 11.3 Å². The van der Waals surface area contributed by atoms with Crippen molar-refractivity contribution in [2.45, 2.75) is 0 Å². The normalized spacial score (nSPS) is 10.7. The Kier molecular flexibility index (Phi) is 4.95. The zero-order chi connectivity index (χ0) is 18.6. The van der Waals surface area contributed by atoms with Crippen LogP contribution in [0.5, 0.6) is 0 Å². The van der Waals surface area contributed by atoms with Gasteiger partial charge in [-0.15, -0.1) is 22.7 Å². The summed E-state index contributed by atoms with van der Waals surface area (Å²) in [7, 11) is 0. The molecule has 2 aromatic carbocycles. The number of nitrogens with zero attached hydrogens (tertiary/aromatic N) is 1. The van der Waals surface area contributed by atoms with Gasteiger partial charge < -0.3 is 10.6 Å². The summed E-state index contributed by atoms with van der Waals surface area (Å²) in [4.78, 5) is 29.0. The number of hydrogen-bond acceptors (Lipinski definition) is 5. The van der Waals surface area contributed by atoms with Crippen molar-refractivity contribution in [1.29, 1.82) is 0 Å². The van der Waals surface area contributed by atoms with Crippen molar-refractivity contribution in [2.24, 2.45) is 0 Å². The fourth-order valence-electron chi connectivity index (χ4n) is 2.63. The molecular weight excluding hydrogens is 378 g/mol. The van der Waals surface area contributed by atoms with Gasteiger partial charge in [-0.1, -0.05) is 42.5 Å². The molecule has 0 spiro atoms. The SMILES string of the molecule is O=C(CNC(=O)c1cccs1)Nc1nc(-c2ccc3ccccc3c2)cs1. The van der Waals surface area contributed by atoms with Crippen molar-refractivity contribution >= 4 is 50.4 Å². The minimum Gasteiger partial charge on any atom is -0.342 e. The number of anilines is 1. The van der Waals surface area contributed by atoms with E-state index in [-0.39, 0.29) is 18.4 Å². The molecule has 5 nitrogen and oxygen atoms in total. The molecule has 0 radical (unpaired) electrons. The molecule has 2 heterocycles. The van der Waals surface area contributed by atoms with Crippen molar-refractivity contribution in [2.75, 3.05) is 11.9 Å². The van der Waals surface area contributed by atoms with E-state index in [1.54, 1.807) is 12.1 Å². The standard InChI is InChI=1S/C20H15N3O2S2/c24-18(11-21-19(25)17-6-3-9-26-17)23-20-22-16(12-27-20)15-8-7-13-4-1-2-5-14(13)10-15/h1-10,12H,11H2,(H,21,25)(H,22,23,24). The number of aromatic nitrogens is 1. The predicted octanol–water partition coefficient (Wildman–Crippen LogP) is 4.39. The van der Waals surface area contributed by atoms with E-state index in [9.17, 15) is 9.59 Å². The molecule has 0 saturated carbocycles. The fourth-order valence-corrected chi connectivity index (χ4v) is 4.01. The number of hydrogen-bond donors (Lipinski definition) is 2. The zero-order valence-electron chi connectivity index (χ0n) is 14.1. The summed E-state index contributed by atoms with van der Waals surface area (Å²) < 4.78 is 0. The Morgan fingerprint density at radius 3 is 2.63 bits per heavy atom. The van der Waals surface area contributed by atoms with Crippen LogP contribution in [-0.2, 0) is 4.79 Å². The molecule has 0 bridgehead atoms. The average molecular weight is 393 g/mol. The van der Waals surface area contributed by atoms with Crippen LogP contribution < -0.4 is 10.6 Å². The van der Waals surface area contributed by atoms with Gasteiger partial charge in [0.15, 0.2) is 5.13 Å². The second-order valence-corrected chi connectivity index (χ2v) is 7.61. The van der Waals surface area contributed by atoms with Gasteiger partial charge in [0.25, 0.3) is 5.91 Å². The highest BCUT2D eigenvalue weighted by atomic mass is 32.1. The van der Waals surface area contributed by atoms with E-state index >= 15 is 0 Å². The van der Waals surface area contributed by atoms with Crippen LogP contribution in [0.4, 0.5) is 5.13 Å². The third-order valence-electron chi connectivity index (χ3n) is 3.95. The smallest absolute Gasteiger partial charge is 0.261 e. The van der Waals surface area contributed by atoms with E-state index in [1.165, 1.54) is 28.1 Å². The monoisotopic (exact) mass is 393 g/mol. The second-order valence-electron chi connectivity index (χ2n) is 5.81. The maximum atomic E-state index is 12.1. The third-order valence-corrected chi connectivity index (χ3v) is 5.58. The number of rotatable bonds is 5. The third kappa shape index (κ3) is 4.05. The van der Waals surface area contributed by atoms with Gasteiger partial charge in [-0.25, -0.2) is 4.98 Å². The molecule has 0 aliphatic rings. The summed E-state index contributed by atoms with van der Waals surface area (Å²) in [6.07, 6.45) is 0. The van der Waals surface area contributed by atoms with Crippen LogP contribution in [-0.4, -0.2) is 23.3 Å². The molecule has 0 aliphatic carbocycles. The molecule has 134 valence electrons. The zero-order valence-corrected chi connectivity index (χ0v) is 15.8. The van der Waals surface area contributed by atoms with Crippen LogP contribution in [0.25, 0.3) is 22.0 Å². The molecule has 7 heteroatoms. The van der Waals surface area contributed by atoms with E-state index in [4.69, 9.17) is 0 Å². The second kappa shape index (κ2) is 7.69. The molecule has 4 rings (SSSR count). The molecule has 27 heavy (non-hydrogen) atoms. The van der Waals surface area contributed by atoms with Crippen LogP contribution >= 0.6 is 22.7 Å². The Labute approximate surface area is 163 Å². The first-order chi connectivity index (χ1) is 13.2. The molecule has 0 saturated heterocycles. The van der Waals surface area contributed by atoms with Gasteiger partial charge in [0.2, 0.25) is 5.91 Å². The first-order valence-electron chi connectivity index (χ1n) is 8.25.